The minimum atomic E-state index is -4.86. The summed E-state index contributed by atoms with van der Waals surface area (Å²) >= 11 is 0. The molecule has 0 aliphatic heterocycles. The maximum absolute atomic E-state index is 14.4. The van der Waals surface area contributed by atoms with Crippen LogP contribution in [0.5, 0.6) is 0 Å². The number of methoxy groups -OCH3 is 1. The van der Waals surface area contributed by atoms with Gasteiger partial charge < -0.3 is 36.5 Å². The molecule has 0 aromatic heterocycles. The molecule has 1 aromatic rings. The molecule has 1 aromatic carbocycles. The van der Waals surface area contributed by atoms with E-state index < -0.39 is 54.6 Å². The van der Waals surface area contributed by atoms with Gasteiger partial charge in [-0.25, -0.2) is 9.18 Å². The van der Waals surface area contributed by atoms with Crippen LogP contribution >= 0.6 is 0 Å². The summed E-state index contributed by atoms with van der Waals surface area (Å²) in [6, 6.07) is 1.73. The topological polar surface area (TPSA) is 136 Å². The number of aliphatic hydroxyl groups is 1. The van der Waals surface area contributed by atoms with Crippen LogP contribution in [0.1, 0.15) is 25.0 Å². The van der Waals surface area contributed by atoms with Crippen LogP contribution in [0.25, 0.3) is 5.57 Å². The lowest BCUT2D eigenvalue weighted by atomic mass is 9.83. The van der Waals surface area contributed by atoms with Gasteiger partial charge in [0.25, 0.3) is 0 Å². The van der Waals surface area contributed by atoms with Gasteiger partial charge in [0.2, 0.25) is 5.91 Å². The minimum Gasteiger partial charge on any atom is -0.453 e. The van der Waals surface area contributed by atoms with E-state index in [1.54, 1.807) is 5.32 Å². The number of halogens is 6. The minimum absolute atomic E-state index is 0.0126. The number of nitrogens with one attached hydrogen (secondary N) is 5. The van der Waals surface area contributed by atoms with E-state index in [-0.39, 0.29) is 29.8 Å². The third-order valence-corrected chi connectivity index (χ3v) is 5.28. The molecule has 208 valence electrons. The van der Waals surface area contributed by atoms with E-state index in [4.69, 9.17) is 5.41 Å². The molecule has 6 N–H and O–H groups in total. The van der Waals surface area contributed by atoms with Crippen LogP contribution in [0.4, 0.5) is 31.1 Å². The number of rotatable bonds is 13. The van der Waals surface area contributed by atoms with Gasteiger partial charge in [0.1, 0.15) is 11.9 Å². The van der Waals surface area contributed by atoms with E-state index >= 15 is 0 Å². The zero-order valence-corrected chi connectivity index (χ0v) is 20.2. The molecule has 9 nitrogen and oxygen atoms in total. The second kappa shape index (κ2) is 13.8. The summed E-state index contributed by atoms with van der Waals surface area (Å²) in [5.74, 6) is -1.92. The van der Waals surface area contributed by atoms with Crippen LogP contribution in [0.15, 0.2) is 24.4 Å². The first kappa shape index (κ1) is 31.7. The molecule has 2 atom stereocenters. The Balaban J connectivity index is 2.71. The smallest absolute Gasteiger partial charge is 0.407 e. The summed E-state index contributed by atoms with van der Waals surface area (Å²) in [6.07, 6.45) is -5.75. The number of alkyl carbamates (subject to hydrolysis) is 1. The van der Waals surface area contributed by atoms with Gasteiger partial charge in [-0.05, 0) is 25.5 Å². The molecule has 0 aliphatic rings. The predicted molar refractivity (Wildman–Crippen MR) is 122 cm³/mol. The van der Waals surface area contributed by atoms with Crippen molar-refractivity contribution in [2.75, 3.05) is 20.2 Å². The van der Waals surface area contributed by atoms with Crippen LogP contribution in [0.2, 0.25) is 0 Å². The molecule has 15 heteroatoms. The quantitative estimate of drug-likeness (QED) is 0.129. The number of aliphatic hydroxyl groups excluding tert-OH is 1. The molecule has 1 rings (SSSR count). The SMILES string of the molecule is COC(=O)NC(C(=O)NC[C@@H](O)CNCc1ccc(/C(C=N)=C/NC(F)F)cc1F)C(C)(C)C(F)(F)F. The fourth-order valence-corrected chi connectivity index (χ4v) is 2.91. The Bertz CT molecular complexity index is 971. The highest BCUT2D eigenvalue weighted by Crippen LogP contribution is 2.40. The number of benzene rings is 1. The standard InChI is InChI=1S/C22H29F6N5O4/c1-21(2,22(26,27)28)17(33-20(36)37-3)18(35)31-11-15(34)10-30-8-13-5-4-12(6-16(13)23)14(7-29)9-32-19(24)25/h4-7,9,15,17,19,29-30,32,34H,8,10-11H2,1-3H3,(H,31,35)(H,33,36)/b14-9+,29-7?/t15-,17?/m0/s1. The molecule has 1 unspecified atom stereocenters. The van der Waals surface area contributed by atoms with Gasteiger partial charge in [-0.3, -0.25) is 4.79 Å². The lowest BCUT2D eigenvalue weighted by Crippen LogP contribution is -2.60. The molecule has 37 heavy (non-hydrogen) atoms. The molecule has 0 fully saturated rings. The van der Waals surface area contributed by atoms with Gasteiger partial charge >= 0.3 is 18.8 Å². The zero-order chi connectivity index (χ0) is 28.4. The van der Waals surface area contributed by atoms with Crippen molar-refractivity contribution in [3.63, 3.8) is 0 Å². The van der Waals surface area contributed by atoms with E-state index in [0.29, 0.717) is 0 Å². The fraction of sp³-hybridized carbons (Fsp3) is 0.500. The molecular weight excluding hydrogens is 512 g/mol. The first-order chi connectivity index (χ1) is 17.1. The Hall–Kier alpha value is -3.33. The molecular formula is C22H29F6N5O4. The number of carbonyl (C=O) groups excluding carboxylic acids is 2. The number of alkyl halides is 5. The van der Waals surface area contributed by atoms with Gasteiger partial charge in [0.05, 0.1) is 18.6 Å². The number of ether oxygens (including phenoxy) is 1. The predicted octanol–water partition coefficient (Wildman–Crippen LogP) is 2.51. The second-order valence-corrected chi connectivity index (χ2v) is 8.34. The maximum Gasteiger partial charge on any atom is 0.407 e. The summed E-state index contributed by atoms with van der Waals surface area (Å²) in [7, 11) is 0.921. The number of hydrogen-bond donors (Lipinski definition) is 6. The van der Waals surface area contributed by atoms with Crippen molar-refractivity contribution in [3.05, 3.63) is 41.3 Å². The average molecular weight is 541 g/mol. The van der Waals surface area contributed by atoms with Crippen molar-refractivity contribution in [2.45, 2.75) is 45.3 Å². The molecule has 2 amide bonds. The maximum atomic E-state index is 14.4. The fourth-order valence-electron chi connectivity index (χ4n) is 2.91. The van der Waals surface area contributed by atoms with E-state index in [1.807, 2.05) is 5.32 Å². The van der Waals surface area contributed by atoms with E-state index in [2.05, 4.69) is 15.4 Å². The highest BCUT2D eigenvalue weighted by Gasteiger charge is 2.55. The van der Waals surface area contributed by atoms with Crippen LogP contribution in [-0.4, -0.2) is 68.4 Å². The third-order valence-electron chi connectivity index (χ3n) is 5.28. The molecule has 0 radical (unpaired) electrons. The summed E-state index contributed by atoms with van der Waals surface area (Å²) in [5, 5.41) is 25.7. The Labute approximate surface area is 209 Å². The van der Waals surface area contributed by atoms with Crippen molar-refractivity contribution in [1.29, 1.82) is 5.41 Å². The summed E-state index contributed by atoms with van der Waals surface area (Å²) < 4.78 is 83.4. The molecule has 0 saturated heterocycles. The van der Waals surface area contributed by atoms with Crippen LogP contribution in [0, 0.1) is 16.6 Å². The Morgan fingerprint density at radius 1 is 1.19 bits per heavy atom. The molecule has 0 saturated carbocycles. The highest BCUT2D eigenvalue weighted by molar-refractivity contribution is 6.08. The monoisotopic (exact) mass is 541 g/mol. The van der Waals surface area contributed by atoms with Crippen LogP contribution in [-0.2, 0) is 16.1 Å². The number of hydrogen-bond acceptors (Lipinski definition) is 7. The Kier molecular flexibility index (Phi) is 11.9. The summed E-state index contributed by atoms with van der Waals surface area (Å²) in [4.78, 5) is 23.9. The van der Waals surface area contributed by atoms with Crippen molar-refractivity contribution >= 4 is 23.8 Å². The van der Waals surface area contributed by atoms with E-state index in [0.717, 1.165) is 39.4 Å². The van der Waals surface area contributed by atoms with Gasteiger partial charge in [-0.1, -0.05) is 12.1 Å². The van der Waals surface area contributed by atoms with Crippen molar-refractivity contribution in [3.8, 4) is 0 Å². The van der Waals surface area contributed by atoms with E-state index in [1.165, 1.54) is 12.1 Å². The van der Waals surface area contributed by atoms with Gasteiger partial charge in [0.15, 0.2) is 0 Å². The first-order valence-electron chi connectivity index (χ1n) is 10.7. The summed E-state index contributed by atoms with van der Waals surface area (Å²) in [5.41, 5.74) is -2.34. The molecule has 0 heterocycles. The van der Waals surface area contributed by atoms with Gasteiger partial charge in [-0.15, -0.1) is 0 Å². The van der Waals surface area contributed by atoms with Crippen molar-refractivity contribution < 1.29 is 45.8 Å². The Morgan fingerprint density at radius 3 is 2.35 bits per heavy atom. The lowest BCUT2D eigenvalue weighted by Gasteiger charge is -2.35. The number of allylic oxidation sites excluding steroid dienone is 1. The molecule has 0 bridgehead atoms. The molecule has 0 spiro atoms. The largest absolute Gasteiger partial charge is 0.453 e. The van der Waals surface area contributed by atoms with Crippen molar-refractivity contribution in [2.24, 2.45) is 5.41 Å². The number of carbonyl (C=O) groups is 2. The third kappa shape index (κ3) is 9.57. The highest BCUT2D eigenvalue weighted by atomic mass is 19.4. The molecule has 0 aliphatic carbocycles. The second-order valence-electron chi connectivity index (χ2n) is 8.34. The van der Waals surface area contributed by atoms with Crippen LogP contribution in [0.3, 0.4) is 0 Å². The Morgan fingerprint density at radius 2 is 1.84 bits per heavy atom. The zero-order valence-electron chi connectivity index (χ0n) is 20.2. The first-order valence-corrected chi connectivity index (χ1v) is 10.7. The van der Waals surface area contributed by atoms with E-state index in [9.17, 15) is 41.0 Å². The van der Waals surface area contributed by atoms with Crippen molar-refractivity contribution in [1.82, 2.24) is 21.3 Å². The van der Waals surface area contributed by atoms with Crippen LogP contribution < -0.4 is 21.3 Å². The normalized spacial score (nSPS) is 14.1. The average Bonchev–Trinajstić information content (AvgIpc) is 2.81. The van der Waals surface area contributed by atoms with Gasteiger partial charge in [0, 0.05) is 43.2 Å². The lowest BCUT2D eigenvalue weighted by molar-refractivity contribution is -0.220. The number of amides is 2. The van der Waals surface area contributed by atoms with Gasteiger partial charge in [-0.2, -0.15) is 22.0 Å². The summed E-state index contributed by atoms with van der Waals surface area (Å²) in [6.45, 7) is -2.18.